The second-order valence-corrected chi connectivity index (χ2v) is 7.65. The van der Waals surface area contributed by atoms with Gasteiger partial charge in [-0.2, -0.15) is 0 Å². The molecule has 0 amide bonds. The van der Waals surface area contributed by atoms with Crippen molar-refractivity contribution in [1.82, 2.24) is 0 Å². The van der Waals surface area contributed by atoms with E-state index >= 15 is 0 Å². The molecule has 1 heterocycles. The summed E-state index contributed by atoms with van der Waals surface area (Å²) in [7, 11) is 4.90. The average molecular weight is 290 g/mol. The zero-order chi connectivity index (χ0) is 14.5. The van der Waals surface area contributed by atoms with Crippen LogP contribution < -0.4 is 0 Å². The Kier molecular flexibility index (Phi) is 7.05. The molecule has 1 aliphatic heterocycles. The van der Waals surface area contributed by atoms with Crippen LogP contribution in [0.15, 0.2) is 0 Å². The van der Waals surface area contributed by atoms with E-state index in [1.807, 2.05) is 13.8 Å². The van der Waals surface area contributed by atoms with Crippen molar-refractivity contribution in [2.45, 2.75) is 44.6 Å². The van der Waals surface area contributed by atoms with E-state index in [1.54, 1.807) is 13.8 Å². The summed E-state index contributed by atoms with van der Waals surface area (Å²) in [6.07, 6.45) is 0.265. The van der Waals surface area contributed by atoms with Crippen molar-refractivity contribution in [3.8, 4) is 0 Å². The van der Waals surface area contributed by atoms with Crippen molar-refractivity contribution in [3.63, 3.8) is 0 Å². The molecule has 7 heteroatoms. The standard InChI is InChI=1S/C12H24BO5P/c1-5-9-10(18-19(4,14)6-2)11(12(13)17-9)16-8-7-15-3/h9-12H,5-8H2,1-4H3/t9-,10?,11+,12-,19?/m1/s1. The molecule has 110 valence electrons. The smallest absolute Gasteiger partial charge is 0.200 e. The van der Waals surface area contributed by atoms with Crippen molar-refractivity contribution < 1.29 is 23.3 Å². The number of hydrogen-bond acceptors (Lipinski definition) is 5. The first-order valence-electron chi connectivity index (χ1n) is 6.71. The predicted octanol–water partition coefficient (Wildman–Crippen LogP) is 1.63. The molecule has 0 bridgehead atoms. The second-order valence-electron chi connectivity index (χ2n) is 4.78. The van der Waals surface area contributed by atoms with Gasteiger partial charge in [0.05, 0.1) is 19.3 Å². The largest absolute Gasteiger partial charge is 0.382 e. The summed E-state index contributed by atoms with van der Waals surface area (Å²) in [6, 6.07) is -0.552. The maximum atomic E-state index is 12.2. The van der Waals surface area contributed by atoms with E-state index in [9.17, 15) is 4.57 Å². The van der Waals surface area contributed by atoms with E-state index in [-0.39, 0.29) is 12.2 Å². The molecule has 2 radical (unpaired) electrons. The SMILES string of the molecule is [B][C@@H]1O[C@H](CC)C(OP(C)(=O)CC)[C@@H]1OCCOC. The van der Waals surface area contributed by atoms with Gasteiger partial charge in [-0.05, 0) is 6.42 Å². The second kappa shape index (κ2) is 7.80. The lowest BCUT2D eigenvalue weighted by molar-refractivity contribution is -0.0293. The third-order valence-corrected chi connectivity index (χ3v) is 5.10. The van der Waals surface area contributed by atoms with Gasteiger partial charge in [0.2, 0.25) is 0 Å². The van der Waals surface area contributed by atoms with Gasteiger partial charge < -0.3 is 18.7 Å². The molecule has 0 aromatic heterocycles. The van der Waals surface area contributed by atoms with Gasteiger partial charge in [-0.25, -0.2) is 0 Å². The molecule has 1 saturated heterocycles. The Morgan fingerprint density at radius 3 is 2.47 bits per heavy atom. The summed E-state index contributed by atoms with van der Waals surface area (Å²) in [5, 5.41) is 0. The van der Waals surface area contributed by atoms with E-state index < -0.39 is 19.5 Å². The highest BCUT2D eigenvalue weighted by Gasteiger charge is 2.44. The third kappa shape index (κ3) is 4.87. The Morgan fingerprint density at radius 2 is 1.95 bits per heavy atom. The molecule has 2 unspecified atom stereocenters. The molecule has 19 heavy (non-hydrogen) atoms. The lowest BCUT2D eigenvalue weighted by atomic mass is 9.92. The minimum absolute atomic E-state index is 0.178. The highest BCUT2D eigenvalue weighted by Crippen LogP contribution is 2.46. The average Bonchev–Trinajstić information content (AvgIpc) is 2.66. The quantitative estimate of drug-likeness (QED) is 0.386. The molecule has 5 atom stereocenters. The lowest BCUT2D eigenvalue weighted by Gasteiger charge is -2.26. The first-order valence-corrected chi connectivity index (χ1v) is 8.97. The Morgan fingerprint density at radius 1 is 1.26 bits per heavy atom. The monoisotopic (exact) mass is 290 g/mol. The van der Waals surface area contributed by atoms with Gasteiger partial charge in [0.25, 0.3) is 0 Å². The van der Waals surface area contributed by atoms with Gasteiger partial charge in [0.1, 0.15) is 20.1 Å². The van der Waals surface area contributed by atoms with Crippen LogP contribution in [-0.4, -0.2) is 65.3 Å². The Labute approximate surface area is 117 Å². The molecule has 0 aliphatic carbocycles. The first-order chi connectivity index (χ1) is 8.95. The Bertz CT molecular complexity index is 314. The van der Waals surface area contributed by atoms with Crippen LogP contribution in [0.4, 0.5) is 0 Å². The van der Waals surface area contributed by atoms with Crippen LogP contribution in [-0.2, 0) is 23.3 Å². The van der Waals surface area contributed by atoms with Gasteiger partial charge in [-0.15, -0.1) is 0 Å². The van der Waals surface area contributed by atoms with Crippen LogP contribution in [0, 0.1) is 0 Å². The lowest BCUT2D eigenvalue weighted by Crippen LogP contribution is -2.38. The number of methoxy groups -OCH3 is 1. The van der Waals surface area contributed by atoms with E-state index in [0.717, 1.165) is 6.42 Å². The fourth-order valence-electron chi connectivity index (χ4n) is 2.00. The molecular weight excluding hydrogens is 266 g/mol. The van der Waals surface area contributed by atoms with E-state index in [2.05, 4.69) is 0 Å². The maximum Gasteiger partial charge on any atom is 0.200 e. The van der Waals surface area contributed by atoms with Crippen molar-refractivity contribution in [2.75, 3.05) is 33.2 Å². The molecule has 0 N–H and O–H groups in total. The van der Waals surface area contributed by atoms with Gasteiger partial charge in [0, 0.05) is 25.9 Å². The summed E-state index contributed by atoms with van der Waals surface area (Å²) in [4.78, 5) is 0. The van der Waals surface area contributed by atoms with Crippen LogP contribution in [0.1, 0.15) is 20.3 Å². The van der Waals surface area contributed by atoms with Crippen LogP contribution >= 0.6 is 7.37 Å². The number of ether oxygens (including phenoxy) is 3. The fraction of sp³-hybridized carbons (Fsp3) is 1.00. The molecule has 1 rings (SSSR count). The van der Waals surface area contributed by atoms with Gasteiger partial charge in [-0.1, -0.05) is 13.8 Å². The molecule has 1 fully saturated rings. The van der Waals surface area contributed by atoms with Gasteiger partial charge in [0.15, 0.2) is 7.37 Å². The molecule has 5 nitrogen and oxygen atoms in total. The predicted molar refractivity (Wildman–Crippen MR) is 75.3 cm³/mol. The zero-order valence-electron chi connectivity index (χ0n) is 12.2. The van der Waals surface area contributed by atoms with E-state index in [4.69, 9.17) is 26.6 Å². The molecule has 0 spiro atoms. The third-order valence-electron chi connectivity index (χ3n) is 3.27. The summed E-state index contributed by atoms with van der Waals surface area (Å²) in [5.74, 6) is 0. The van der Waals surface area contributed by atoms with Gasteiger partial charge >= 0.3 is 0 Å². The molecule has 0 saturated carbocycles. The van der Waals surface area contributed by atoms with Gasteiger partial charge in [-0.3, -0.25) is 4.57 Å². The highest BCUT2D eigenvalue weighted by atomic mass is 31.2. The summed E-state index contributed by atoms with van der Waals surface area (Å²) in [6.45, 7) is 6.35. The van der Waals surface area contributed by atoms with Crippen molar-refractivity contribution in [3.05, 3.63) is 0 Å². The minimum Gasteiger partial charge on any atom is -0.382 e. The number of rotatable bonds is 8. The molecule has 0 aromatic rings. The van der Waals surface area contributed by atoms with E-state index in [0.29, 0.717) is 19.4 Å². The van der Waals surface area contributed by atoms with Crippen LogP contribution in [0.25, 0.3) is 0 Å². The number of hydrogen-bond donors (Lipinski definition) is 0. The Balaban J connectivity index is 2.70. The first kappa shape index (κ1) is 17.2. The summed E-state index contributed by atoms with van der Waals surface area (Å²) in [5.41, 5.74) is 0. The van der Waals surface area contributed by atoms with Crippen LogP contribution in [0.5, 0.6) is 0 Å². The summed E-state index contributed by atoms with van der Waals surface area (Å²) < 4.78 is 34.2. The maximum absolute atomic E-state index is 12.2. The molecular formula is C12H24BO5P. The molecule has 1 aliphatic rings. The topological polar surface area (TPSA) is 54.0 Å². The normalized spacial score (nSPS) is 34.3. The zero-order valence-corrected chi connectivity index (χ0v) is 13.1. The van der Waals surface area contributed by atoms with Crippen LogP contribution in [0.2, 0.25) is 0 Å². The minimum atomic E-state index is -2.62. The van der Waals surface area contributed by atoms with Crippen molar-refractivity contribution in [1.29, 1.82) is 0 Å². The van der Waals surface area contributed by atoms with Crippen LogP contribution in [0.3, 0.4) is 0 Å². The molecule has 0 aromatic carbocycles. The Hall–Kier alpha value is 0.135. The van der Waals surface area contributed by atoms with E-state index in [1.165, 1.54) is 0 Å². The summed E-state index contributed by atoms with van der Waals surface area (Å²) >= 11 is 0. The van der Waals surface area contributed by atoms with Crippen molar-refractivity contribution >= 4 is 15.2 Å². The van der Waals surface area contributed by atoms with Crippen molar-refractivity contribution in [2.24, 2.45) is 0 Å². The highest BCUT2D eigenvalue weighted by molar-refractivity contribution is 7.58. The fourth-order valence-corrected chi connectivity index (χ4v) is 2.92.